The first-order valence-corrected chi connectivity index (χ1v) is 8.47. The van der Waals surface area contributed by atoms with E-state index in [9.17, 15) is 19.6 Å². The zero-order valence-corrected chi connectivity index (χ0v) is 15.3. The van der Waals surface area contributed by atoms with Crippen molar-refractivity contribution in [1.29, 1.82) is 5.26 Å². The molecule has 0 radical (unpaired) electrons. The highest BCUT2D eigenvalue weighted by molar-refractivity contribution is 5.87. The standard InChI is InChI=1S/C21H16FN3O4/c1-28-19-8-6-13(10-15(19)22)7-9-20(27)29-12-18(26)14(11-23)21-24-16-4-2-3-5-17(16)25-21/h2-10,26H,12H2,1H3,(H,24,25)/b9-7+,18-14-. The van der Waals surface area contributed by atoms with Gasteiger partial charge in [0, 0.05) is 6.08 Å². The summed E-state index contributed by atoms with van der Waals surface area (Å²) in [6, 6.07) is 13.2. The Morgan fingerprint density at radius 1 is 1.34 bits per heavy atom. The molecule has 0 saturated carbocycles. The van der Waals surface area contributed by atoms with E-state index in [0.717, 1.165) is 6.08 Å². The third-order valence-corrected chi connectivity index (χ3v) is 3.97. The number of para-hydroxylation sites is 2. The van der Waals surface area contributed by atoms with Crippen molar-refractivity contribution < 1.29 is 23.8 Å². The van der Waals surface area contributed by atoms with Gasteiger partial charge >= 0.3 is 5.97 Å². The molecule has 2 aromatic carbocycles. The van der Waals surface area contributed by atoms with Gasteiger partial charge in [0.15, 0.2) is 23.2 Å². The van der Waals surface area contributed by atoms with E-state index in [1.807, 2.05) is 12.1 Å². The van der Waals surface area contributed by atoms with Crippen molar-refractivity contribution in [2.75, 3.05) is 13.7 Å². The molecule has 0 aliphatic heterocycles. The number of nitrogens with zero attached hydrogens (tertiary/aromatic N) is 2. The Morgan fingerprint density at radius 3 is 2.83 bits per heavy atom. The zero-order chi connectivity index (χ0) is 20.8. The summed E-state index contributed by atoms with van der Waals surface area (Å²) < 4.78 is 23.4. The van der Waals surface area contributed by atoms with Crippen molar-refractivity contribution >= 4 is 28.7 Å². The summed E-state index contributed by atoms with van der Waals surface area (Å²) in [5.74, 6) is -1.51. The summed E-state index contributed by atoms with van der Waals surface area (Å²) in [4.78, 5) is 19.0. The summed E-state index contributed by atoms with van der Waals surface area (Å²) in [5.41, 5.74) is 1.64. The van der Waals surface area contributed by atoms with Crippen LogP contribution in [0.25, 0.3) is 22.7 Å². The van der Waals surface area contributed by atoms with Gasteiger partial charge in [0.05, 0.1) is 18.1 Å². The maximum atomic E-state index is 13.6. The van der Waals surface area contributed by atoms with Crippen LogP contribution in [-0.2, 0) is 9.53 Å². The highest BCUT2D eigenvalue weighted by atomic mass is 19.1. The number of ether oxygens (including phenoxy) is 2. The molecule has 146 valence electrons. The lowest BCUT2D eigenvalue weighted by Gasteiger charge is -2.04. The second-order valence-corrected chi connectivity index (χ2v) is 5.87. The van der Waals surface area contributed by atoms with E-state index in [1.54, 1.807) is 24.3 Å². The van der Waals surface area contributed by atoms with Gasteiger partial charge in [0.2, 0.25) is 0 Å². The monoisotopic (exact) mass is 393 g/mol. The van der Waals surface area contributed by atoms with Crippen LogP contribution in [0.1, 0.15) is 11.4 Å². The van der Waals surface area contributed by atoms with E-state index >= 15 is 0 Å². The quantitative estimate of drug-likeness (QED) is 0.286. The first-order chi connectivity index (χ1) is 14.0. The summed E-state index contributed by atoms with van der Waals surface area (Å²) in [6.45, 7) is -0.514. The van der Waals surface area contributed by atoms with Gasteiger partial charge in [-0.2, -0.15) is 5.26 Å². The first-order valence-electron chi connectivity index (χ1n) is 8.47. The normalized spacial score (nSPS) is 11.9. The van der Waals surface area contributed by atoms with Crippen molar-refractivity contribution in [2.24, 2.45) is 0 Å². The van der Waals surface area contributed by atoms with Crippen LogP contribution in [0.3, 0.4) is 0 Å². The fourth-order valence-electron chi connectivity index (χ4n) is 2.54. The largest absolute Gasteiger partial charge is 0.507 e. The number of methoxy groups -OCH3 is 1. The van der Waals surface area contributed by atoms with Crippen molar-refractivity contribution in [1.82, 2.24) is 9.97 Å². The van der Waals surface area contributed by atoms with Crippen LogP contribution < -0.4 is 4.74 Å². The highest BCUT2D eigenvalue weighted by Crippen LogP contribution is 2.20. The van der Waals surface area contributed by atoms with Gasteiger partial charge in [-0.1, -0.05) is 18.2 Å². The molecular formula is C21H16FN3O4. The number of imidazole rings is 1. The lowest BCUT2D eigenvalue weighted by atomic mass is 10.2. The van der Waals surface area contributed by atoms with E-state index < -0.39 is 24.2 Å². The minimum atomic E-state index is -0.769. The average molecular weight is 393 g/mol. The molecule has 1 heterocycles. The number of aliphatic hydroxyl groups is 1. The predicted octanol–water partition coefficient (Wildman–Crippen LogP) is 3.76. The first kappa shape index (κ1) is 19.6. The van der Waals surface area contributed by atoms with Crippen LogP contribution in [0.15, 0.2) is 54.3 Å². The smallest absolute Gasteiger partial charge is 0.331 e. The van der Waals surface area contributed by atoms with Crippen LogP contribution >= 0.6 is 0 Å². The van der Waals surface area contributed by atoms with Gasteiger partial charge in [0.25, 0.3) is 0 Å². The van der Waals surface area contributed by atoms with E-state index in [0.29, 0.717) is 16.6 Å². The number of halogens is 1. The molecule has 0 fully saturated rings. The lowest BCUT2D eigenvalue weighted by Crippen LogP contribution is -2.06. The molecule has 2 N–H and O–H groups in total. The van der Waals surface area contributed by atoms with Gasteiger partial charge in [-0.3, -0.25) is 0 Å². The molecule has 0 aliphatic rings. The topological polar surface area (TPSA) is 108 Å². The summed E-state index contributed by atoms with van der Waals surface area (Å²) in [6.07, 6.45) is 2.44. The Bertz CT molecular complexity index is 1130. The van der Waals surface area contributed by atoms with Crippen molar-refractivity contribution in [3.05, 3.63) is 71.5 Å². The fraction of sp³-hybridized carbons (Fsp3) is 0.0952. The van der Waals surface area contributed by atoms with Crippen LogP contribution in [0.5, 0.6) is 5.75 Å². The third kappa shape index (κ3) is 4.59. The predicted molar refractivity (Wildman–Crippen MR) is 104 cm³/mol. The minimum absolute atomic E-state index is 0.0920. The Hall–Kier alpha value is -4.12. The summed E-state index contributed by atoms with van der Waals surface area (Å²) in [5, 5.41) is 19.5. The van der Waals surface area contributed by atoms with E-state index in [2.05, 4.69) is 9.97 Å². The fourth-order valence-corrected chi connectivity index (χ4v) is 2.54. The average Bonchev–Trinajstić information content (AvgIpc) is 3.15. The van der Waals surface area contributed by atoms with Crippen LogP contribution in [0.4, 0.5) is 4.39 Å². The van der Waals surface area contributed by atoms with Crippen molar-refractivity contribution in [3.63, 3.8) is 0 Å². The van der Waals surface area contributed by atoms with E-state index in [-0.39, 0.29) is 17.1 Å². The van der Waals surface area contributed by atoms with Gasteiger partial charge in [0.1, 0.15) is 18.2 Å². The number of aliphatic hydroxyl groups excluding tert-OH is 1. The molecule has 1 aromatic heterocycles. The lowest BCUT2D eigenvalue weighted by molar-refractivity contribution is -0.137. The number of benzene rings is 2. The number of aromatic amines is 1. The number of esters is 1. The van der Waals surface area contributed by atoms with Crippen LogP contribution in [0.2, 0.25) is 0 Å². The number of allylic oxidation sites excluding steroid dienone is 1. The number of aromatic nitrogens is 2. The molecule has 3 aromatic rings. The number of H-pyrrole nitrogens is 1. The maximum Gasteiger partial charge on any atom is 0.331 e. The number of hydrogen-bond acceptors (Lipinski definition) is 6. The molecule has 8 heteroatoms. The number of nitriles is 1. The zero-order valence-electron chi connectivity index (χ0n) is 15.3. The number of rotatable bonds is 6. The highest BCUT2D eigenvalue weighted by Gasteiger charge is 2.14. The number of hydrogen-bond donors (Lipinski definition) is 2. The maximum absolute atomic E-state index is 13.6. The van der Waals surface area contributed by atoms with Gasteiger partial charge in [-0.15, -0.1) is 0 Å². The Balaban J connectivity index is 1.67. The molecule has 0 amide bonds. The summed E-state index contributed by atoms with van der Waals surface area (Å²) in [7, 11) is 1.35. The number of carbonyl (C=O) groups excluding carboxylic acids is 1. The van der Waals surface area contributed by atoms with Crippen LogP contribution in [0, 0.1) is 17.1 Å². The number of nitrogens with one attached hydrogen (secondary N) is 1. The SMILES string of the molecule is COc1ccc(/C=C/C(=O)OC/C(O)=C(\C#N)c2nc3ccccc3[nH]2)cc1F. The van der Waals surface area contributed by atoms with Gasteiger partial charge in [-0.25, -0.2) is 14.2 Å². The van der Waals surface area contributed by atoms with Crippen molar-refractivity contribution in [2.45, 2.75) is 0 Å². The molecule has 29 heavy (non-hydrogen) atoms. The molecule has 0 spiro atoms. The molecule has 0 bridgehead atoms. The number of carbonyl (C=O) groups is 1. The van der Waals surface area contributed by atoms with Crippen LogP contribution in [-0.4, -0.2) is 34.8 Å². The molecule has 0 atom stereocenters. The second kappa shape index (κ2) is 8.71. The third-order valence-electron chi connectivity index (χ3n) is 3.97. The molecule has 7 nitrogen and oxygen atoms in total. The Morgan fingerprint density at radius 2 is 2.14 bits per heavy atom. The van der Waals surface area contributed by atoms with Crippen molar-refractivity contribution in [3.8, 4) is 11.8 Å². The molecule has 0 unspecified atom stereocenters. The van der Waals surface area contributed by atoms with E-state index in [4.69, 9.17) is 9.47 Å². The van der Waals surface area contributed by atoms with E-state index in [1.165, 1.54) is 25.3 Å². The summed E-state index contributed by atoms with van der Waals surface area (Å²) >= 11 is 0. The van der Waals surface area contributed by atoms with Gasteiger partial charge < -0.3 is 19.6 Å². The second-order valence-electron chi connectivity index (χ2n) is 5.87. The molecule has 0 aliphatic carbocycles. The number of fused-ring (bicyclic) bond motifs is 1. The molecule has 3 rings (SSSR count). The molecule has 0 saturated heterocycles. The Labute approximate surface area is 165 Å². The van der Waals surface area contributed by atoms with Gasteiger partial charge in [-0.05, 0) is 35.9 Å². The Kier molecular flexibility index (Phi) is 5.90. The molecular weight excluding hydrogens is 377 g/mol. The minimum Gasteiger partial charge on any atom is -0.507 e.